The molecule has 0 atom stereocenters. The fourth-order valence-electron chi connectivity index (χ4n) is 3.31. The van der Waals surface area contributed by atoms with Crippen molar-refractivity contribution in [3.63, 3.8) is 0 Å². The van der Waals surface area contributed by atoms with Gasteiger partial charge in [-0.15, -0.1) is 0 Å². The van der Waals surface area contributed by atoms with E-state index in [2.05, 4.69) is 39.1 Å². The minimum absolute atomic E-state index is 0.142. The van der Waals surface area contributed by atoms with Gasteiger partial charge in [-0.05, 0) is 39.0 Å². The zero-order valence-electron chi connectivity index (χ0n) is 24.4. The van der Waals surface area contributed by atoms with E-state index in [4.69, 9.17) is 14.2 Å². The molecule has 1 aromatic carbocycles. The van der Waals surface area contributed by atoms with Crippen LogP contribution in [0.1, 0.15) is 51.4 Å². The Kier molecular flexibility index (Phi) is 10.9. The summed E-state index contributed by atoms with van der Waals surface area (Å²) in [6, 6.07) is 3.76. The molecule has 1 fully saturated rings. The number of morpholine rings is 1. The molecule has 0 saturated carbocycles. The van der Waals surface area contributed by atoms with Crippen molar-refractivity contribution in [2.75, 3.05) is 50.6 Å². The standard InChI is InChI=1S/C24H28FN7O5S.C3H8/c1-24(2,3)37-23(34)30-22-26-13-17(38-22)18-27-20(32-8-10-35-11-9-32)29-21(28-18)36-16-7-6-14(12-15(16)25)19(33)31(4)5;1-3-2/h6-7,12-13H,8-11H2,1-5H3,(H,26,30,34);3H2,1-2H3. The quantitative estimate of drug-likeness (QED) is 0.408. The van der Waals surface area contributed by atoms with Crippen LogP contribution in [0.15, 0.2) is 24.4 Å². The summed E-state index contributed by atoms with van der Waals surface area (Å²) >= 11 is 1.13. The highest BCUT2D eigenvalue weighted by Gasteiger charge is 2.22. The van der Waals surface area contributed by atoms with Gasteiger partial charge in [0.05, 0.1) is 24.3 Å². The molecule has 12 nitrogen and oxygen atoms in total. The molecule has 1 aliphatic rings. The van der Waals surface area contributed by atoms with Crippen LogP contribution in [0.25, 0.3) is 10.7 Å². The van der Waals surface area contributed by atoms with Crippen molar-refractivity contribution in [2.45, 2.75) is 46.6 Å². The number of hydrogen-bond acceptors (Lipinski definition) is 11. The Bertz CT molecular complexity index is 1340. The highest BCUT2D eigenvalue weighted by Crippen LogP contribution is 2.31. The Balaban J connectivity index is 0.00000147. The van der Waals surface area contributed by atoms with Crippen molar-refractivity contribution in [1.29, 1.82) is 0 Å². The number of halogens is 1. The summed E-state index contributed by atoms with van der Waals surface area (Å²) in [7, 11) is 3.16. The van der Waals surface area contributed by atoms with E-state index in [1.54, 1.807) is 34.9 Å². The third-order valence-electron chi connectivity index (χ3n) is 5.02. The number of aromatic nitrogens is 4. The van der Waals surface area contributed by atoms with Crippen LogP contribution in [0.2, 0.25) is 0 Å². The SMILES string of the molecule is CCC.CN(C)C(=O)c1ccc(Oc2nc(-c3cnc(NC(=O)OC(C)(C)C)s3)nc(N3CCOCC3)n2)c(F)c1. The van der Waals surface area contributed by atoms with Crippen LogP contribution >= 0.6 is 11.3 Å². The molecule has 14 heteroatoms. The van der Waals surface area contributed by atoms with Gasteiger partial charge in [0, 0.05) is 32.7 Å². The number of rotatable bonds is 6. The van der Waals surface area contributed by atoms with E-state index < -0.39 is 17.5 Å². The zero-order valence-corrected chi connectivity index (χ0v) is 25.2. The van der Waals surface area contributed by atoms with Crippen molar-refractivity contribution < 1.29 is 28.2 Å². The second kappa shape index (κ2) is 14.1. The van der Waals surface area contributed by atoms with Gasteiger partial charge in [-0.2, -0.15) is 15.0 Å². The molecule has 1 saturated heterocycles. The maximum atomic E-state index is 14.8. The Morgan fingerprint density at radius 3 is 2.44 bits per heavy atom. The molecule has 0 radical (unpaired) electrons. The maximum Gasteiger partial charge on any atom is 0.413 e. The number of carbonyl (C=O) groups excluding carboxylic acids is 2. The van der Waals surface area contributed by atoms with Crippen LogP contribution < -0.4 is 15.0 Å². The number of carbonyl (C=O) groups is 2. The molecule has 222 valence electrons. The molecule has 0 bridgehead atoms. The minimum Gasteiger partial charge on any atom is -0.444 e. The lowest BCUT2D eigenvalue weighted by molar-refractivity contribution is 0.0635. The first-order valence-corrected chi connectivity index (χ1v) is 14.0. The van der Waals surface area contributed by atoms with E-state index in [0.29, 0.717) is 37.1 Å². The van der Waals surface area contributed by atoms with Crippen molar-refractivity contribution >= 4 is 34.4 Å². The van der Waals surface area contributed by atoms with Crippen molar-refractivity contribution in [2.24, 2.45) is 0 Å². The third-order valence-corrected chi connectivity index (χ3v) is 5.93. The predicted molar refractivity (Wildman–Crippen MR) is 154 cm³/mol. The summed E-state index contributed by atoms with van der Waals surface area (Å²) in [5.74, 6) is -0.682. The Hall–Kier alpha value is -3.91. The smallest absolute Gasteiger partial charge is 0.413 e. The van der Waals surface area contributed by atoms with E-state index >= 15 is 0 Å². The number of hydrogen-bond donors (Lipinski definition) is 1. The molecular formula is C27H36FN7O5S. The van der Waals surface area contributed by atoms with Gasteiger partial charge in [0.15, 0.2) is 22.5 Å². The number of benzene rings is 1. The van der Waals surface area contributed by atoms with Gasteiger partial charge in [0.1, 0.15) is 5.60 Å². The van der Waals surface area contributed by atoms with Gasteiger partial charge in [-0.1, -0.05) is 31.6 Å². The number of thiazole rings is 1. The molecule has 0 unspecified atom stereocenters. The molecule has 1 aliphatic heterocycles. The third kappa shape index (κ3) is 9.32. The highest BCUT2D eigenvalue weighted by atomic mass is 32.1. The van der Waals surface area contributed by atoms with E-state index in [9.17, 15) is 14.0 Å². The largest absolute Gasteiger partial charge is 0.444 e. The summed E-state index contributed by atoms with van der Waals surface area (Å²) in [6.45, 7) is 11.6. The lowest BCUT2D eigenvalue weighted by atomic mass is 10.2. The number of ether oxygens (including phenoxy) is 3. The first-order valence-electron chi connectivity index (χ1n) is 13.1. The van der Waals surface area contributed by atoms with Crippen molar-refractivity contribution in [3.8, 4) is 22.5 Å². The molecule has 3 heterocycles. The number of nitrogens with one attached hydrogen (secondary N) is 1. The highest BCUT2D eigenvalue weighted by molar-refractivity contribution is 7.19. The first-order chi connectivity index (χ1) is 19.4. The molecular weight excluding hydrogens is 553 g/mol. The van der Waals surface area contributed by atoms with Crippen LogP contribution in [0.4, 0.5) is 20.3 Å². The number of nitrogens with zero attached hydrogens (tertiary/aromatic N) is 6. The van der Waals surface area contributed by atoms with Gasteiger partial charge < -0.3 is 24.0 Å². The zero-order chi connectivity index (χ0) is 30.2. The van der Waals surface area contributed by atoms with Gasteiger partial charge in [-0.25, -0.2) is 14.2 Å². The fourth-order valence-corrected chi connectivity index (χ4v) is 4.04. The van der Waals surface area contributed by atoms with Gasteiger partial charge in [0.2, 0.25) is 5.95 Å². The number of anilines is 2. The summed E-state index contributed by atoms with van der Waals surface area (Å²) in [5.41, 5.74) is -0.481. The Morgan fingerprint density at radius 1 is 1.15 bits per heavy atom. The minimum atomic E-state index is -0.741. The molecule has 2 amide bonds. The normalized spacial score (nSPS) is 13.1. The first kappa shape index (κ1) is 31.6. The molecule has 4 rings (SSSR count). The number of amides is 2. The molecule has 1 N–H and O–H groups in total. The van der Waals surface area contributed by atoms with E-state index in [1.807, 2.05) is 4.90 Å². The lowest BCUT2D eigenvalue weighted by Gasteiger charge is -2.26. The van der Waals surface area contributed by atoms with E-state index in [-0.39, 0.29) is 34.2 Å². The summed E-state index contributed by atoms with van der Waals surface area (Å²) in [5, 5.41) is 2.88. The topological polar surface area (TPSA) is 132 Å². The molecule has 3 aromatic rings. The van der Waals surface area contributed by atoms with Crippen LogP contribution in [0, 0.1) is 5.82 Å². The Labute approximate surface area is 242 Å². The maximum absolute atomic E-state index is 14.8. The Morgan fingerprint density at radius 2 is 1.83 bits per heavy atom. The predicted octanol–water partition coefficient (Wildman–Crippen LogP) is 5.23. The van der Waals surface area contributed by atoms with Gasteiger partial charge in [-0.3, -0.25) is 10.1 Å². The van der Waals surface area contributed by atoms with Crippen molar-refractivity contribution in [1.82, 2.24) is 24.8 Å². The van der Waals surface area contributed by atoms with Crippen LogP contribution in [-0.4, -0.2) is 82.8 Å². The second-order valence-electron chi connectivity index (χ2n) is 10.2. The van der Waals surface area contributed by atoms with Crippen molar-refractivity contribution in [3.05, 3.63) is 35.8 Å². The lowest BCUT2D eigenvalue weighted by Crippen LogP contribution is -2.37. The van der Waals surface area contributed by atoms with E-state index in [1.165, 1.54) is 29.7 Å². The molecule has 0 aliphatic carbocycles. The molecule has 2 aromatic heterocycles. The summed E-state index contributed by atoms with van der Waals surface area (Å²) in [4.78, 5) is 45.5. The monoisotopic (exact) mass is 589 g/mol. The fraction of sp³-hybridized carbons (Fsp3) is 0.481. The average molecular weight is 590 g/mol. The van der Waals surface area contributed by atoms with Crippen LogP contribution in [0.3, 0.4) is 0 Å². The summed E-state index contributed by atoms with van der Waals surface area (Å²) in [6.07, 6.45) is 2.11. The summed E-state index contributed by atoms with van der Waals surface area (Å²) < 4.78 is 31.2. The van der Waals surface area contributed by atoms with Gasteiger partial charge >= 0.3 is 12.1 Å². The van der Waals surface area contributed by atoms with Crippen LogP contribution in [0.5, 0.6) is 11.8 Å². The van der Waals surface area contributed by atoms with E-state index in [0.717, 1.165) is 17.4 Å². The second-order valence-corrected chi connectivity index (χ2v) is 11.2. The molecule has 41 heavy (non-hydrogen) atoms. The van der Waals surface area contributed by atoms with Gasteiger partial charge in [0.25, 0.3) is 5.91 Å². The molecule has 0 spiro atoms. The average Bonchev–Trinajstić information content (AvgIpc) is 3.37. The van der Waals surface area contributed by atoms with Crippen LogP contribution in [-0.2, 0) is 9.47 Å².